The molecule has 0 saturated carbocycles. The van der Waals surface area contributed by atoms with Crippen molar-refractivity contribution in [2.75, 3.05) is 11.9 Å². The zero-order valence-corrected chi connectivity index (χ0v) is 16.6. The highest BCUT2D eigenvalue weighted by Crippen LogP contribution is 2.21. The second-order valence-electron chi connectivity index (χ2n) is 6.05. The van der Waals surface area contributed by atoms with Crippen molar-refractivity contribution in [1.82, 2.24) is 4.57 Å². The summed E-state index contributed by atoms with van der Waals surface area (Å²) in [5, 5.41) is 5.08. The number of aryl methyl sites for hydroxylation is 1. The van der Waals surface area contributed by atoms with Crippen molar-refractivity contribution in [2.45, 2.75) is 20.4 Å². The first kappa shape index (κ1) is 19.2. The number of nitrogens with one attached hydrogen (secondary N) is 1. The van der Waals surface area contributed by atoms with Gasteiger partial charge in [0.25, 0.3) is 5.91 Å². The molecule has 0 aliphatic carbocycles. The summed E-state index contributed by atoms with van der Waals surface area (Å²) in [5.41, 5.74) is 2.73. The van der Waals surface area contributed by atoms with Crippen LogP contribution in [0.15, 0.2) is 47.8 Å². The molecule has 0 radical (unpaired) electrons. The van der Waals surface area contributed by atoms with E-state index in [1.165, 1.54) is 4.88 Å². The molecule has 0 fully saturated rings. The summed E-state index contributed by atoms with van der Waals surface area (Å²) >= 11 is 7.67. The number of amides is 1. The summed E-state index contributed by atoms with van der Waals surface area (Å²) in [6.45, 7) is 4.15. The Labute approximate surface area is 166 Å². The number of hydrogen-bond donors (Lipinski definition) is 1. The molecule has 0 atom stereocenters. The number of halogens is 1. The maximum Gasteiger partial charge on any atom is 0.340 e. The molecule has 1 N–H and O–H groups in total. The number of ether oxygens (including phenoxy) is 1. The van der Waals surface area contributed by atoms with Crippen LogP contribution in [0.1, 0.15) is 26.6 Å². The lowest BCUT2D eigenvalue weighted by atomic mass is 10.2. The Balaban J connectivity index is 1.63. The molecule has 140 valence electrons. The molecule has 0 saturated heterocycles. The van der Waals surface area contributed by atoms with Gasteiger partial charge in [0.1, 0.15) is 0 Å². The third kappa shape index (κ3) is 4.59. The van der Waals surface area contributed by atoms with Crippen LogP contribution in [0.4, 0.5) is 5.69 Å². The number of thiophene rings is 1. The lowest BCUT2D eigenvalue weighted by molar-refractivity contribution is -0.119. The largest absolute Gasteiger partial charge is 0.452 e. The Kier molecular flexibility index (Phi) is 5.98. The van der Waals surface area contributed by atoms with E-state index in [1.54, 1.807) is 41.7 Å². The third-order valence-corrected chi connectivity index (χ3v) is 5.36. The molecule has 27 heavy (non-hydrogen) atoms. The van der Waals surface area contributed by atoms with E-state index in [2.05, 4.69) is 16.0 Å². The van der Waals surface area contributed by atoms with Crippen LogP contribution >= 0.6 is 22.9 Å². The fourth-order valence-corrected chi connectivity index (χ4v) is 3.64. The van der Waals surface area contributed by atoms with E-state index in [9.17, 15) is 9.59 Å². The second-order valence-corrected chi connectivity index (χ2v) is 7.49. The number of benzene rings is 1. The van der Waals surface area contributed by atoms with Gasteiger partial charge in [-0.15, -0.1) is 11.3 Å². The van der Waals surface area contributed by atoms with Crippen molar-refractivity contribution >= 4 is 40.5 Å². The normalized spacial score (nSPS) is 10.6. The second kappa shape index (κ2) is 8.41. The fraction of sp³-hybridized carbons (Fsp3) is 0.200. The monoisotopic (exact) mass is 402 g/mol. The number of carbonyl (C=O) groups is 2. The zero-order chi connectivity index (χ0) is 19.4. The van der Waals surface area contributed by atoms with E-state index in [-0.39, 0.29) is 6.61 Å². The molecule has 5 nitrogen and oxygen atoms in total. The SMILES string of the molecule is Cc1cc(C(=O)OCC(=O)Nc2ccccc2Cl)c(C)n1Cc1cccs1. The maximum atomic E-state index is 12.4. The van der Waals surface area contributed by atoms with Crippen LogP contribution in [-0.2, 0) is 16.1 Å². The Morgan fingerprint density at radius 2 is 1.96 bits per heavy atom. The molecule has 1 amide bonds. The Bertz CT molecular complexity index is 964. The van der Waals surface area contributed by atoms with E-state index in [0.29, 0.717) is 22.8 Å². The predicted octanol–water partition coefficient (Wildman–Crippen LogP) is 4.66. The van der Waals surface area contributed by atoms with Gasteiger partial charge in [0.05, 0.1) is 22.8 Å². The summed E-state index contributed by atoms with van der Waals surface area (Å²) in [7, 11) is 0. The smallest absolute Gasteiger partial charge is 0.340 e. The Hall–Kier alpha value is -2.57. The number of hydrogen-bond acceptors (Lipinski definition) is 4. The molecular weight excluding hydrogens is 384 g/mol. The van der Waals surface area contributed by atoms with E-state index in [0.717, 1.165) is 11.4 Å². The van der Waals surface area contributed by atoms with Crippen LogP contribution < -0.4 is 5.32 Å². The van der Waals surface area contributed by atoms with Gasteiger partial charge in [0.2, 0.25) is 0 Å². The van der Waals surface area contributed by atoms with Crippen molar-refractivity contribution < 1.29 is 14.3 Å². The Morgan fingerprint density at radius 1 is 1.19 bits per heavy atom. The maximum absolute atomic E-state index is 12.4. The number of nitrogens with zero attached hydrogens (tertiary/aromatic N) is 1. The average molecular weight is 403 g/mol. The molecule has 0 spiro atoms. The first-order valence-electron chi connectivity index (χ1n) is 8.36. The summed E-state index contributed by atoms with van der Waals surface area (Å²) in [6, 6.07) is 12.7. The van der Waals surface area contributed by atoms with Crippen molar-refractivity contribution in [2.24, 2.45) is 0 Å². The highest BCUT2D eigenvalue weighted by Gasteiger charge is 2.18. The quantitative estimate of drug-likeness (QED) is 0.610. The molecule has 0 aliphatic rings. The van der Waals surface area contributed by atoms with Gasteiger partial charge in [-0.25, -0.2) is 4.79 Å². The number of carbonyl (C=O) groups excluding carboxylic acids is 2. The van der Waals surface area contributed by atoms with E-state index >= 15 is 0 Å². The van der Waals surface area contributed by atoms with Gasteiger partial charge in [0, 0.05) is 16.3 Å². The molecule has 3 aromatic rings. The molecule has 0 unspecified atom stereocenters. The number of rotatable bonds is 6. The highest BCUT2D eigenvalue weighted by atomic mass is 35.5. The van der Waals surface area contributed by atoms with Gasteiger partial charge in [-0.3, -0.25) is 4.79 Å². The Morgan fingerprint density at radius 3 is 2.67 bits per heavy atom. The van der Waals surface area contributed by atoms with Gasteiger partial charge < -0.3 is 14.6 Å². The first-order chi connectivity index (χ1) is 13.0. The van der Waals surface area contributed by atoms with Gasteiger partial charge in [-0.2, -0.15) is 0 Å². The average Bonchev–Trinajstić information content (AvgIpc) is 3.25. The van der Waals surface area contributed by atoms with Gasteiger partial charge in [-0.05, 0) is 43.5 Å². The molecule has 7 heteroatoms. The van der Waals surface area contributed by atoms with Crippen LogP contribution in [0.5, 0.6) is 0 Å². The highest BCUT2D eigenvalue weighted by molar-refractivity contribution is 7.09. The predicted molar refractivity (Wildman–Crippen MR) is 108 cm³/mol. The standard InChI is InChI=1S/C20H19ClN2O3S/c1-13-10-16(14(2)23(13)11-15-6-5-9-27-15)20(25)26-12-19(24)22-18-8-4-3-7-17(18)21/h3-10H,11-12H2,1-2H3,(H,22,24). The summed E-state index contributed by atoms with van der Waals surface area (Å²) in [6.07, 6.45) is 0. The van der Waals surface area contributed by atoms with Gasteiger partial charge in [0.15, 0.2) is 6.61 Å². The van der Waals surface area contributed by atoms with Gasteiger partial charge in [-0.1, -0.05) is 29.8 Å². The van der Waals surface area contributed by atoms with Crippen molar-refractivity contribution in [3.05, 3.63) is 74.7 Å². The molecule has 3 rings (SSSR count). The van der Waals surface area contributed by atoms with Crippen LogP contribution in [0.2, 0.25) is 5.02 Å². The molecule has 0 bridgehead atoms. The number of para-hydroxylation sites is 1. The number of anilines is 1. The van der Waals surface area contributed by atoms with Crippen molar-refractivity contribution in [3.63, 3.8) is 0 Å². The molecule has 0 aliphatic heterocycles. The zero-order valence-electron chi connectivity index (χ0n) is 15.0. The van der Waals surface area contributed by atoms with E-state index < -0.39 is 11.9 Å². The first-order valence-corrected chi connectivity index (χ1v) is 9.62. The fourth-order valence-electron chi connectivity index (χ4n) is 2.77. The lowest BCUT2D eigenvalue weighted by Crippen LogP contribution is -2.21. The van der Waals surface area contributed by atoms with E-state index in [4.69, 9.17) is 16.3 Å². The minimum atomic E-state index is -0.519. The van der Waals surface area contributed by atoms with Crippen LogP contribution in [0, 0.1) is 13.8 Å². The lowest BCUT2D eigenvalue weighted by Gasteiger charge is -2.09. The molecular formula is C20H19ClN2O3S. The summed E-state index contributed by atoms with van der Waals surface area (Å²) in [5.74, 6) is -0.960. The summed E-state index contributed by atoms with van der Waals surface area (Å²) in [4.78, 5) is 25.6. The minimum absolute atomic E-state index is 0.376. The third-order valence-electron chi connectivity index (χ3n) is 4.17. The van der Waals surface area contributed by atoms with Crippen molar-refractivity contribution in [1.29, 1.82) is 0 Å². The number of esters is 1. The topological polar surface area (TPSA) is 60.3 Å². The van der Waals surface area contributed by atoms with Gasteiger partial charge >= 0.3 is 5.97 Å². The van der Waals surface area contributed by atoms with Crippen molar-refractivity contribution in [3.8, 4) is 0 Å². The molecule has 2 heterocycles. The van der Waals surface area contributed by atoms with Crippen LogP contribution in [0.25, 0.3) is 0 Å². The number of aromatic nitrogens is 1. The minimum Gasteiger partial charge on any atom is -0.452 e. The molecule has 1 aromatic carbocycles. The van der Waals surface area contributed by atoms with Crippen LogP contribution in [-0.4, -0.2) is 23.1 Å². The van der Waals surface area contributed by atoms with E-state index in [1.807, 2.05) is 25.3 Å². The summed E-state index contributed by atoms with van der Waals surface area (Å²) < 4.78 is 7.24. The molecule has 2 aromatic heterocycles. The van der Waals surface area contributed by atoms with Crippen LogP contribution in [0.3, 0.4) is 0 Å².